The normalized spacial score (nSPS) is 21.4. The van der Waals surface area contributed by atoms with E-state index < -0.39 is 33.2 Å². The monoisotopic (exact) mass is 426 g/mol. The predicted octanol–water partition coefficient (Wildman–Crippen LogP) is 2.20. The summed E-state index contributed by atoms with van der Waals surface area (Å²) in [4.78, 5) is 14.0. The lowest BCUT2D eigenvalue weighted by Gasteiger charge is -2.38. The predicted molar refractivity (Wildman–Crippen MR) is 108 cm³/mol. The first kappa shape index (κ1) is 22.0. The zero-order valence-corrected chi connectivity index (χ0v) is 18.0. The zero-order valence-electron chi connectivity index (χ0n) is 17.2. The molecule has 0 amide bonds. The molecule has 2 N–H and O–H groups in total. The average molecular weight is 427 g/mol. The van der Waals surface area contributed by atoms with Crippen molar-refractivity contribution in [2.24, 2.45) is 5.92 Å². The van der Waals surface area contributed by atoms with Crippen LogP contribution in [0.4, 0.5) is 5.69 Å². The first-order valence-electron chi connectivity index (χ1n) is 10.0. The number of piperidine rings is 1. The SMILES string of the molecule is CC[C@@](NS(=O)(=O)c1ccc(N2CCC3(CC2)OCCO3)cc1)(C(=O)O)C(C)C. The van der Waals surface area contributed by atoms with Crippen molar-refractivity contribution in [2.75, 3.05) is 31.2 Å². The lowest BCUT2D eigenvalue weighted by Crippen LogP contribution is -2.57. The molecule has 2 aliphatic heterocycles. The Morgan fingerprint density at radius 1 is 1.21 bits per heavy atom. The number of benzene rings is 1. The first-order valence-corrected chi connectivity index (χ1v) is 11.5. The highest BCUT2D eigenvalue weighted by Crippen LogP contribution is 2.33. The van der Waals surface area contributed by atoms with E-state index in [9.17, 15) is 18.3 Å². The van der Waals surface area contributed by atoms with E-state index in [-0.39, 0.29) is 11.3 Å². The standard InChI is InChI=1S/C20H30N2O6S/c1-4-20(15(2)3,18(23)24)21-29(25,26)17-7-5-16(6-8-17)22-11-9-19(10-12-22)27-13-14-28-19/h5-8,15,21H,4,9-14H2,1-3H3,(H,23,24)/t20-/m0/s1. The Morgan fingerprint density at radius 3 is 2.21 bits per heavy atom. The van der Waals surface area contributed by atoms with E-state index in [1.54, 1.807) is 32.9 Å². The summed E-state index contributed by atoms with van der Waals surface area (Å²) >= 11 is 0. The molecular weight excluding hydrogens is 396 g/mol. The van der Waals surface area contributed by atoms with E-state index in [0.29, 0.717) is 13.2 Å². The molecule has 3 rings (SSSR count). The Kier molecular flexibility index (Phi) is 6.24. The van der Waals surface area contributed by atoms with Crippen LogP contribution in [0.15, 0.2) is 29.2 Å². The summed E-state index contributed by atoms with van der Waals surface area (Å²) in [5.41, 5.74) is -0.624. The van der Waals surface area contributed by atoms with Crippen molar-refractivity contribution >= 4 is 21.7 Å². The molecule has 2 saturated heterocycles. The number of carboxylic acid groups (broad SMARTS) is 1. The lowest BCUT2D eigenvalue weighted by atomic mass is 9.85. The van der Waals surface area contributed by atoms with Crippen LogP contribution >= 0.6 is 0 Å². The molecule has 0 radical (unpaired) electrons. The summed E-state index contributed by atoms with van der Waals surface area (Å²) in [6.07, 6.45) is 1.68. The number of nitrogens with zero attached hydrogens (tertiary/aromatic N) is 1. The van der Waals surface area contributed by atoms with Crippen molar-refractivity contribution < 1.29 is 27.8 Å². The number of hydrogen-bond donors (Lipinski definition) is 2. The van der Waals surface area contributed by atoms with Gasteiger partial charge in [0.2, 0.25) is 10.0 Å². The summed E-state index contributed by atoms with van der Waals surface area (Å²) in [5.74, 6) is -2.03. The van der Waals surface area contributed by atoms with Crippen molar-refractivity contribution in [2.45, 2.75) is 56.3 Å². The van der Waals surface area contributed by atoms with Crippen LogP contribution in [0.25, 0.3) is 0 Å². The molecule has 1 aromatic carbocycles. The maximum atomic E-state index is 12.9. The van der Waals surface area contributed by atoms with Gasteiger partial charge in [-0.25, -0.2) is 8.42 Å². The van der Waals surface area contributed by atoms with Gasteiger partial charge < -0.3 is 19.5 Å². The Labute approximate surface area is 172 Å². The number of ether oxygens (including phenoxy) is 2. The molecule has 0 aromatic heterocycles. The van der Waals surface area contributed by atoms with Crippen LogP contribution in [0, 0.1) is 5.92 Å². The second-order valence-electron chi connectivity index (χ2n) is 7.98. The molecule has 0 aliphatic carbocycles. The number of aliphatic carboxylic acids is 1. The second kappa shape index (κ2) is 8.22. The van der Waals surface area contributed by atoms with E-state index >= 15 is 0 Å². The van der Waals surface area contributed by atoms with Gasteiger partial charge in [0.05, 0.1) is 18.1 Å². The van der Waals surface area contributed by atoms with Gasteiger partial charge in [0, 0.05) is 31.6 Å². The molecule has 1 atom stereocenters. The maximum Gasteiger partial charge on any atom is 0.325 e. The fourth-order valence-electron chi connectivity index (χ4n) is 4.07. The van der Waals surface area contributed by atoms with Crippen molar-refractivity contribution in [3.8, 4) is 0 Å². The van der Waals surface area contributed by atoms with Crippen LogP contribution in [0.3, 0.4) is 0 Å². The minimum atomic E-state index is -3.98. The molecule has 29 heavy (non-hydrogen) atoms. The molecular formula is C20H30N2O6S. The number of nitrogens with one attached hydrogen (secondary N) is 1. The number of carboxylic acids is 1. The van der Waals surface area contributed by atoms with Crippen LogP contribution in [0.2, 0.25) is 0 Å². The van der Waals surface area contributed by atoms with E-state index in [4.69, 9.17) is 9.47 Å². The van der Waals surface area contributed by atoms with Crippen molar-refractivity contribution in [1.29, 1.82) is 0 Å². The minimum Gasteiger partial charge on any atom is -0.480 e. The van der Waals surface area contributed by atoms with E-state index in [0.717, 1.165) is 31.6 Å². The molecule has 0 bridgehead atoms. The molecule has 1 aromatic rings. The van der Waals surface area contributed by atoms with Gasteiger partial charge in [0.25, 0.3) is 0 Å². The van der Waals surface area contributed by atoms with E-state index in [1.807, 2.05) is 0 Å². The summed E-state index contributed by atoms with van der Waals surface area (Å²) in [6.45, 7) is 7.84. The summed E-state index contributed by atoms with van der Waals surface area (Å²) in [6, 6.07) is 6.56. The number of sulfonamides is 1. The van der Waals surface area contributed by atoms with Gasteiger partial charge in [-0.2, -0.15) is 4.72 Å². The highest BCUT2D eigenvalue weighted by molar-refractivity contribution is 7.89. The van der Waals surface area contributed by atoms with Gasteiger partial charge in [-0.15, -0.1) is 0 Å². The van der Waals surface area contributed by atoms with Gasteiger partial charge in [-0.1, -0.05) is 20.8 Å². The Morgan fingerprint density at radius 2 is 1.76 bits per heavy atom. The lowest BCUT2D eigenvalue weighted by molar-refractivity contribution is -0.169. The fraction of sp³-hybridized carbons (Fsp3) is 0.650. The second-order valence-corrected chi connectivity index (χ2v) is 9.66. The average Bonchev–Trinajstić information content (AvgIpc) is 3.14. The van der Waals surface area contributed by atoms with Crippen LogP contribution in [0.1, 0.15) is 40.0 Å². The highest BCUT2D eigenvalue weighted by atomic mass is 32.2. The third kappa shape index (κ3) is 4.28. The van der Waals surface area contributed by atoms with Gasteiger partial charge in [0.1, 0.15) is 5.54 Å². The Balaban J connectivity index is 1.73. The third-order valence-corrected chi connectivity index (χ3v) is 7.62. The largest absolute Gasteiger partial charge is 0.480 e. The molecule has 0 saturated carbocycles. The number of hydrogen-bond acceptors (Lipinski definition) is 6. The molecule has 162 valence electrons. The third-order valence-electron chi connectivity index (χ3n) is 6.09. The van der Waals surface area contributed by atoms with Crippen LogP contribution < -0.4 is 9.62 Å². The molecule has 2 fully saturated rings. The number of carbonyl (C=O) groups is 1. The van der Waals surface area contributed by atoms with Gasteiger partial charge in [-0.05, 0) is 36.6 Å². The molecule has 8 nitrogen and oxygen atoms in total. The summed E-state index contributed by atoms with van der Waals surface area (Å²) in [7, 11) is -3.98. The molecule has 2 heterocycles. The number of anilines is 1. The Hall–Kier alpha value is -1.68. The minimum absolute atomic E-state index is 0.0527. The van der Waals surface area contributed by atoms with Crippen LogP contribution in [-0.4, -0.2) is 57.1 Å². The molecule has 1 spiro atoms. The van der Waals surface area contributed by atoms with Gasteiger partial charge >= 0.3 is 5.97 Å². The van der Waals surface area contributed by atoms with Crippen LogP contribution in [-0.2, 0) is 24.3 Å². The Bertz CT molecular complexity index is 823. The maximum absolute atomic E-state index is 12.9. The highest BCUT2D eigenvalue weighted by Gasteiger charge is 2.44. The smallest absolute Gasteiger partial charge is 0.325 e. The quantitative estimate of drug-likeness (QED) is 0.689. The number of rotatable bonds is 7. The topological polar surface area (TPSA) is 105 Å². The van der Waals surface area contributed by atoms with E-state index in [1.165, 1.54) is 12.1 Å². The first-order chi connectivity index (χ1) is 13.6. The fourth-order valence-corrected chi connectivity index (χ4v) is 5.63. The summed E-state index contributed by atoms with van der Waals surface area (Å²) in [5, 5.41) is 9.65. The summed E-state index contributed by atoms with van der Waals surface area (Å²) < 4.78 is 39.6. The molecule has 2 aliphatic rings. The molecule has 0 unspecified atom stereocenters. The zero-order chi connectivity index (χ0) is 21.3. The van der Waals surface area contributed by atoms with Gasteiger partial charge in [0.15, 0.2) is 5.79 Å². The van der Waals surface area contributed by atoms with Crippen molar-refractivity contribution in [3.05, 3.63) is 24.3 Å². The van der Waals surface area contributed by atoms with Crippen molar-refractivity contribution in [1.82, 2.24) is 4.72 Å². The molecule has 9 heteroatoms. The van der Waals surface area contributed by atoms with Gasteiger partial charge in [-0.3, -0.25) is 4.79 Å². The van der Waals surface area contributed by atoms with E-state index in [2.05, 4.69) is 9.62 Å². The van der Waals surface area contributed by atoms with Crippen molar-refractivity contribution in [3.63, 3.8) is 0 Å². The van der Waals surface area contributed by atoms with Crippen LogP contribution in [0.5, 0.6) is 0 Å².